The van der Waals surface area contributed by atoms with Gasteiger partial charge in [-0.25, -0.2) is 8.78 Å². The Hall–Kier alpha value is -2.18. The molecule has 1 rings (SSSR count). The fourth-order valence-corrected chi connectivity index (χ4v) is 2.15. The molecular weight excluding hydrogens is 396 g/mol. The summed E-state index contributed by atoms with van der Waals surface area (Å²) in [5, 5.41) is 0. The highest BCUT2D eigenvalue weighted by Gasteiger charge is 2.40. The normalized spacial score (nSPS) is 19.0. The highest BCUT2D eigenvalue weighted by Crippen LogP contribution is 2.24. The van der Waals surface area contributed by atoms with Crippen molar-refractivity contribution in [3.63, 3.8) is 0 Å². The lowest BCUT2D eigenvalue weighted by Crippen LogP contribution is -2.46. The van der Waals surface area contributed by atoms with Crippen molar-refractivity contribution in [1.29, 1.82) is 0 Å². The molecule has 1 aliphatic rings. The lowest BCUT2D eigenvalue weighted by Gasteiger charge is -2.31. The number of morpholine rings is 1. The van der Waals surface area contributed by atoms with Gasteiger partial charge in [0.2, 0.25) is 0 Å². The SMILES string of the molecule is C=C(F)C(=O)N1CCOC(/C=C(\F)C(=O)N(CC(F)(F)F)CC(F)(F)F)C1. The molecule has 13 heteroatoms. The van der Waals surface area contributed by atoms with Crippen molar-refractivity contribution in [2.75, 3.05) is 32.8 Å². The zero-order valence-corrected chi connectivity index (χ0v) is 13.5. The fourth-order valence-electron chi connectivity index (χ4n) is 2.15. The minimum atomic E-state index is -5.19. The lowest BCUT2D eigenvalue weighted by molar-refractivity contribution is -0.186. The Kier molecular flexibility index (Phi) is 7.34. The van der Waals surface area contributed by atoms with E-state index in [9.17, 15) is 44.7 Å². The number of nitrogens with zero attached hydrogens (tertiary/aromatic N) is 2. The Bertz CT molecular complexity index is 598. The summed E-state index contributed by atoms with van der Waals surface area (Å²) >= 11 is 0. The molecule has 1 atom stereocenters. The topological polar surface area (TPSA) is 49.9 Å². The summed E-state index contributed by atoms with van der Waals surface area (Å²) in [5.41, 5.74) is 0. The van der Waals surface area contributed by atoms with Crippen LogP contribution in [0.15, 0.2) is 24.3 Å². The summed E-state index contributed by atoms with van der Waals surface area (Å²) in [4.78, 5) is 23.2. The highest BCUT2D eigenvalue weighted by atomic mass is 19.4. The van der Waals surface area contributed by atoms with Crippen LogP contribution in [0.25, 0.3) is 0 Å². The summed E-state index contributed by atoms with van der Waals surface area (Å²) < 4.78 is 106. The van der Waals surface area contributed by atoms with Gasteiger partial charge in [-0.15, -0.1) is 0 Å². The second-order valence-corrected chi connectivity index (χ2v) is 5.47. The molecule has 154 valence electrons. The van der Waals surface area contributed by atoms with Gasteiger partial charge in [0.1, 0.15) is 13.1 Å². The fraction of sp³-hybridized carbons (Fsp3) is 0.571. The molecule has 0 aromatic heterocycles. The minimum absolute atomic E-state index is 0.101. The van der Waals surface area contributed by atoms with Gasteiger partial charge in [0.25, 0.3) is 11.8 Å². The Balaban J connectivity index is 2.91. The van der Waals surface area contributed by atoms with Gasteiger partial charge in [-0.2, -0.15) is 26.3 Å². The largest absolute Gasteiger partial charge is 0.406 e. The average Bonchev–Trinajstić information content (AvgIpc) is 2.50. The summed E-state index contributed by atoms with van der Waals surface area (Å²) in [6.07, 6.45) is -11.4. The number of amides is 2. The van der Waals surface area contributed by atoms with E-state index >= 15 is 0 Å². The maximum atomic E-state index is 13.9. The Morgan fingerprint density at radius 3 is 2.07 bits per heavy atom. The van der Waals surface area contributed by atoms with Gasteiger partial charge in [-0.05, 0) is 6.08 Å². The van der Waals surface area contributed by atoms with Crippen molar-refractivity contribution < 1.29 is 49.4 Å². The van der Waals surface area contributed by atoms with Gasteiger partial charge in [0.15, 0.2) is 11.7 Å². The van der Waals surface area contributed by atoms with Gasteiger partial charge in [0, 0.05) is 6.54 Å². The number of carbonyl (C=O) groups is 2. The summed E-state index contributed by atoms with van der Waals surface area (Å²) in [5.74, 6) is -6.54. The van der Waals surface area contributed by atoms with Crippen molar-refractivity contribution in [1.82, 2.24) is 9.80 Å². The standard InChI is InChI=1S/C14H14F8N2O3/c1-8(15)11(25)23-2-3-27-9(5-23)4-10(16)12(26)24(6-13(17,18)19)7-14(20,21)22/h4,9H,1-3,5-7H2/b10-4-. The Labute approximate surface area is 147 Å². The van der Waals surface area contributed by atoms with Gasteiger partial charge < -0.3 is 14.5 Å². The van der Waals surface area contributed by atoms with Crippen LogP contribution in [0.5, 0.6) is 0 Å². The molecule has 1 unspecified atom stereocenters. The first kappa shape index (κ1) is 22.9. The predicted octanol–water partition coefficient (Wildman–Crippen LogP) is 2.50. The van der Waals surface area contributed by atoms with Crippen LogP contribution in [0.1, 0.15) is 0 Å². The van der Waals surface area contributed by atoms with Crippen molar-refractivity contribution in [3.05, 3.63) is 24.3 Å². The summed E-state index contributed by atoms with van der Waals surface area (Å²) in [6, 6.07) is 0. The van der Waals surface area contributed by atoms with Gasteiger partial charge in [-0.1, -0.05) is 6.58 Å². The number of ether oxygens (including phenoxy) is 1. The van der Waals surface area contributed by atoms with Crippen LogP contribution in [0.2, 0.25) is 0 Å². The molecule has 0 radical (unpaired) electrons. The smallest absolute Gasteiger partial charge is 0.370 e. The van der Waals surface area contributed by atoms with E-state index in [0.29, 0.717) is 6.08 Å². The molecule has 0 saturated carbocycles. The lowest BCUT2D eigenvalue weighted by atomic mass is 10.2. The number of hydrogen-bond acceptors (Lipinski definition) is 3. The number of hydrogen-bond donors (Lipinski definition) is 0. The summed E-state index contributed by atoms with van der Waals surface area (Å²) in [6.45, 7) is -2.65. The van der Waals surface area contributed by atoms with E-state index in [2.05, 4.69) is 6.58 Å². The molecule has 0 bridgehead atoms. The van der Waals surface area contributed by atoms with Crippen molar-refractivity contribution >= 4 is 11.8 Å². The van der Waals surface area contributed by atoms with Crippen molar-refractivity contribution in [2.45, 2.75) is 18.5 Å². The number of alkyl halides is 6. The molecule has 1 heterocycles. The first-order chi connectivity index (χ1) is 12.2. The van der Waals surface area contributed by atoms with E-state index in [1.807, 2.05) is 0 Å². The van der Waals surface area contributed by atoms with Crippen LogP contribution in [0, 0.1) is 0 Å². The quantitative estimate of drug-likeness (QED) is 0.517. The zero-order valence-electron chi connectivity index (χ0n) is 13.5. The van der Waals surface area contributed by atoms with E-state index in [1.165, 1.54) is 0 Å². The third kappa shape index (κ3) is 7.93. The van der Waals surface area contributed by atoms with Crippen LogP contribution in [0.4, 0.5) is 35.1 Å². The molecule has 0 aromatic carbocycles. The molecule has 0 spiro atoms. The maximum Gasteiger partial charge on any atom is 0.406 e. The second-order valence-electron chi connectivity index (χ2n) is 5.47. The predicted molar refractivity (Wildman–Crippen MR) is 74.4 cm³/mol. The van der Waals surface area contributed by atoms with E-state index in [-0.39, 0.29) is 13.2 Å². The highest BCUT2D eigenvalue weighted by molar-refractivity contribution is 5.92. The molecule has 1 saturated heterocycles. The van der Waals surface area contributed by atoms with Crippen LogP contribution in [0.3, 0.4) is 0 Å². The minimum Gasteiger partial charge on any atom is -0.370 e. The molecule has 5 nitrogen and oxygen atoms in total. The van der Waals surface area contributed by atoms with E-state index in [4.69, 9.17) is 4.74 Å². The number of halogens is 8. The zero-order chi connectivity index (χ0) is 21.0. The monoisotopic (exact) mass is 410 g/mol. The van der Waals surface area contributed by atoms with E-state index in [0.717, 1.165) is 4.90 Å². The van der Waals surface area contributed by atoms with Crippen molar-refractivity contribution in [2.24, 2.45) is 0 Å². The molecule has 1 aliphatic heterocycles. The van der Waals surface area contributed by atoms with Gasteiger partial charge >= 0.3 is 12.4 Å². The number of carbonyl (C=O) groups excluding carboxylic acids is 2. The average molecular weight is 410 g/mol. The molecule has 0 N–H and O–H groups in total. The Morgan fingerprint density at radius 1 is 1.11 bits per heavy atom. The molecule has 2 amide bonds. The second kappa shape index (κ2) is 8.67. The molecule has 0 aliphatic carbocycles. The number of rotatable bonds is 5. The maximum absolute atomic E-state index is 13.9. The molecule has 0 aromatic rings. The molecule has 27 heavy (non-hydrogen) atoms. The third-order valence-corrected chi connectivity index (χ3v) is 3.18. The molecule has 1 fully saturated rings. The van der Waals surface area contributed by atoms with E-state index < -0.39 is 66.5 Å². The van der Waals surface area contributed by atoms with Gasteiger partial charge in [-0.3, -0.25) is 9.59 Å². The molecular formula is C14H14F8N2O3. The van der Waals surface area contributed by atoms with Crippen LogP contribution in [-0.4, -0.2) is 72.9 Å². The van der Waals surface area contributed by atoms with Crippen LogP contribution < -0.4 is 0 Å². The Morgan fingerprint density at radius 2 is 1.63 bits per heavy atom. The van der Waals surface area contributed by atoms with E-state index in [1.54, 1.807) is 0 Å². The van der Waals surface area contributed by atoms with Gasteiger partial charge in [0.05, 0.1) is 19.3 Å². The first-order valence-electron chi connectivity index (χ1n) is 7.25. The first-order valence-corrected chi connectivity index (χ1v) is 7.25. The van der Waals surface area contributed by atoms with Crippen LogP contribution >= 0.6 is 0 Å². The summed E-state index contributed by atoms with van der Waals surface area (Å²) in [7, 11) is 0. The van der Waals surface area contributed by atoms with Crippen molar-refractivity contribution in [3.8, 4) is 0 Å². The van der Waals surface area contributed by atoms with Crippen LogP contribution in [-0.2, 0) is 14.3 Å². The third-order valence-electron chi connectivity index (χ3n) is 3.18.